The Morgan fingerprint density at radius 2 is 1.72 bits per heavy atom. The van der Waals surface area contributed by atoms with E-state index >= 15 is 0 Å². The zero-order valence-corrected chi connectivity index (χ0v) is 16.9. The second kappa shape index (κ2) is 8.50. The number of nitrogens with zero attached hydrogens (tertiary/aromatic N) is 1. The number of fused-ring (bicyclic) bond motifs is 1. The first kappa shape index (κ1) is 19.2. The molecule has 0 bridgehead atoms. The largest absolute Gasteiger partial charge is 0.495 e. The van der Waals surface area contributed by atoms with Crippen molar-refractivity contribution in [3.8, 4) is 5.75 Å². The molecular weight excluding hydrogens is 360 g/mol. The molecule has 1 atom stereocenters. The highest BCUT2D eigenvalue weighted by Gasteiger charge is 2.30. The second-order valence-corrected chi connectivity index (χ2v) is 7.50. The van der Waals surface area contributed by atoms with Crippen LogP contribution in [0, 0.1) is 6.92 Å². The average Bonchev–Trinajstić information content (AvgIpc) is 2.75. The van der Waals surface area contributed by atoms with E-state index in [2.05, 4.69) is 34.5 Å². The van der Waals surface area contributed by atoms with Gasteiger partial charge in [0.25, 0.3) is 0 Å². The predicted octanol–water partition coefficient (Wildman–Crippen LogP) is 4.74. The van der Waals surface area contributed by atoms with Gasteiger partial charge in [-0.15, -0.1) is 0 Å². The first-order valence-corrected chi connectivity index (χ1v) is 9.97. The zero-order chi connectivity index (χ0) is 20.2. The molecule has 4 heteroatoms. The maximum absolute atomic E-state index is 13.5. The van der Waals surface area contributed by atoms with Crippen LogP contribution in [-0.4, -0.2) is 24.5 Å². The van der Waals surface area contributed by atoms with Crippen molar-refractivity contribution in [3.63, 3.8) is 0 Å². The van der Waals surface area contributed by atoms with Crippen LogP contribution in [0.2, 0.25) is 0 Å². The third kappa shape index (κ3) is 4.17. The van der Waals surface area contributed by atoms with Gasteiger partial charge in [-0.1, -0.05) is 60.7 Å². The molecular formula is C25H26N2O2. The Balaban J connectivity index is 1.65. The Morgan fingerprint density at radius 1 is 1.00 bits per heavy atom. The van der Waals surface area contributed by atoms with E-state index in [0.29, 0.717) is 11.4 Å². The van der Waals surface area contributed by atoms with Crippen molar-refractivity contribution in [2.24, 2.45) is 0 Å². The highest BCUT2D eigenvalue weighted by atomic mass is 16.5. The monoisotopic (exact) mass is 386 g/mol. The van der Waals surface area contributed by atoms with E-state index in [1.807, 2.05) is 55.5 Å². The van der Waals surface area contributed by atoms with E-state index in [0.717, 1.165) is 30.6 Å². The Bertz CT molecular complexity index is 1000. The van der Waals surface area contributed by atoms with Crippen molar-refractivity contribution in [2.45, 2.75) is 25.9 Å². The number of anilines is 1. The molecule has 0 radical (unpaired) electrons. The molecule has 1 heterocycles. The van der Waals surface area contributed by atoms with Crippen LogP contribution in [0.5, 0.6) is 5.75 Å². The Kier molecular flexibility index (Phi) is 5.63. The van der Waals surface area contributed by atoms with Crippen LogP contribution in [0.4, 0.5) is 5.69 Å². The number of hydrogen-bond acceptors (Lipinski definition) is 3. The van der Waals surface area contributed by atoms with Gasteiger partial charge in [0.05, 0.1) is 12.8 Å². The van der Waals surface area contributed by atoms with Crippen LogP contribution in [0.1, 0.15) is 28.3 Å². The quantitative estimate of drug-likeness (QED) is 0.688. The normalized spacial score (nSPS) is 14.7. The molecule has 0 spiro atoms. The lowest BCUT2D eigenvalue weighted by Crippen LogP contribution is -2.40. The Hall–Kier alpha value is -3.11. The number of rotatable bonds is 5. The van der Waals surface area contributed by atoms with Crippen molar-refractivity contribution >= 4 is 11.6 Å². The fourth-order valence-electron chi connectivity index (χ4n) is 4.02. The van der Waals surface area contributed by atoms with Crippen LogP contribution < -0.4 is 10.1 Å². The maximum atomic E-state index is 13.5. The number of amides is 1. The van der Waals surface area contributed by atoms with E-state index < -0.39 is 0 Å². The predicted molar refractivity (Wildman–Crippen MR) is 116 cm³/mol. The maximum Gasteiger partial charge on any atom is 0.246 e. The fraction of sp³-hybridized carbons (Fsp3) is 0.240. The van der Waals surface area contributed by atoms with E-state index in [1.54, 1.807) is 7.11 Å². The Labute approximate surface area is 172 Å². The van der Waals surface area contributed by atoms with Gasteiger partial charge in [0.1, 0.15) is 11.8 Å². The first-order valence-electron chi connectivity index (χ1n) is 9.97. The number of benzene rings is 3. The highest BCUT2D eigenvalue weighted by Crippen LogP contribution is 2.31. The lowest BCUT2D eigenvalue weighted by atomic mass is 9.96. The lowest BCUT2D eigenvalue weighted by Gasteiger charge is -2.35. The lowest BCUT2D eigenvalue weighted by molar-refractivity contribution is -0.122. The summed E-state index contributed by atoms with van der Waals surface area (Å²) in [4.78, 5) is 15.8. The van der Waals surface area contributed by atoms with Crippen molar-refractivity contribution in [1.29, 1.82) is 0 Å². The number of methoxy groups -OCH3 is 1. The molecule has 0 fully saturated rings. The summed E-state index contributed by atoms with van der Waals surface area (Å²) >= 11 is 0. The Morgan fingerprint density at radius 3 is 2.48 bits per heavy atom. The van der Waals surface area contributed by atoms with Crippen LogP contribution in [0.15, 0.2) is 72.8 Å². The fourth-order valence-corrected chi connectivity index (χ4v) is 4.02. The summed E-state index contributed by atoms with van der Waals surface area (Å²) in [5.41, 5.74) is 5.44. The van der Waals surface area contributed by atoms with E-state index in [9.17, 15) is 4.79 Å². The third-order valence-electron chi connectivity index (χ3n) is 5.50. The van der Waals surface area contributed by atoms with Crippen LogP contribution in [0.3, 0.4) is 0 Å². The van der Waals surface area contributed by atoms with Gasteiger partial charge in [0, 0.05) is 13.1 Å². The zero-order valence-electron chi connectivity index (χ0n) is 16.9. The van der Waals surface area contributed by atoms with Gasteiger partial charge in [0.2, 0.25) is 5.91 Å². The van der Waals surface area contributed by atoms with Crippen molar-refractivity contribution < 1.29 is 9.53 Å². The summed E-state index contributed by atoms with van der Waals surface area (Å²) in [5, 5.41) is 3.12. The molecule has 1 aliphatic rings. The summed E-state index contributed by atoms with van der Waals surface area (Å²) in [7, 11) is 1.62. The molecule has 0 saturated carbocycles. The first-order chi connectivity index (χ1) is 14.2. The van der Waals surface area contributed by atoms with E-state index in [-0.39, 0.29) is 11.9 Å². The summed E-state index contributed by atoms with van der Waals surface area (Å²) in [6, 6.07) is 23.9. The minimum absolute atomic E-state index is 0.0421. The molecule has 148 valence electrons. The van der Waals surface area contributed by atoms with Gasteiger partial charge in [0.15, 0.2) is 0 Å². The van der Waals surface area contributed by atoms with Crippen molar-refractivity contribution in [3.05, 3.63) is 95.1 Å². The summed E-state index contributed by atoms with van der Waals surface area (Å²) < 4.78 is 5.45. The number of carbonyl (C=O) groups excluding carboxylic acids is 1. The molecule has 3 aromatic carbocycles. The molecule has 1 N–H and O–H groups in total. The minimum Gasteiger partial charge on any atom is -0.495 e. The number of nitrogens with one attached hydrogen (secondary N) is 1. The average molecular weight is 386 g/mol. The third-order valence-corrected chi connectivity index (χ3v) is 5.50. The number of carbonyl (C=O) groups is 1. The van der Waals surface area contributed by atoms with Gasteiger partial charge in [-0.05, 0) is 47.7 Å². The molecule has 0 saturated heterocycles. The number of hydrogen-bond donors (Lipinski definition) is 1. The number of ether oxygens (including phenoxy) is 1. The molecule has 1 amide bonds. The van der Waals surface area contributed by atoms with Gasteiger partial charge in [-0.2, -0.15) is 0 Å². The van der Waals surface area contributed by atoms with E-state index in [4.69, 9.17) is 4.74 Å². The SMILES string of the molecule is COc1ccc(C)cc1NC(=O)[C@H](c1ccccc1)N1CCc2ccccc2C1. The molecule has 4 nitrogen and oxygen atoms in total. The molecule has 4 rings (SSSR count). The standard InChI is InChI=1S/C25H26N2O2/c1-18-12-13-23(29-2)22(16-18)26-25(28)24(20-9-4-3-5-10-20)27-15-14-19-8-6-7-11-21(19)17-27/h3-13,16,24H,14-15,17H2,1-2H3,(H,26,28)/t24-/m0/s1. The molecule has 0 unspecified atom stereocenters. The van der Waals surface area contributed by atoms with Crippen molar-refractivity contribution in [2.75, 3.05) is 19.0 Å². The molecule has 3 aromatic rings. The van der Waals surface area contributed by atoms with Crippen LogP contribution in [-0.2, 0) is 17.8 Å². The van der Waals surface area contributed by atoms with Gasteiger partial charge in [-0.3, -0.25) is 9.69 Å². The van der Waals surface area contributed by atoms with Crippen LogP contribution >= 0.6 is 0 Å². The van der Waals surface area contributed by atoms with Crippen LogP contribution in [0.25, 0.3) is 0 Å². The summed E-state index contributed by atoms with van der Waals surface area (Å²) in [6.45, 7) is 3.61. The van der Waals surface area contributed by atoms with Gasteiger partial charge >= 0.3 is 0 Å². The molecule has 29 heavy (non-hydrogen) atoms. The topological polar surface area (TPSA) is 41.6 Å². The molecule has 0 aromatic heterocycles. The summed E-state index contributed by atoms with van der Waals surface area (Å²) in [5.74, 6) is 0.624. The van der Waals surface area contributed by atoms with Gasteiger partial charge < -0.3 is 10.1 Å². The minimum atomic E-state index is -0.366. The summed E-state index contributed by atoms with van der Waals surface area (Å²) in [6.07, 6.45) is 0.945. The second-order valence-electron chi connectivity index (χ2n) is 7.50. The van der Waals surface area contributed by atoms with Gasteiger partial charge in [-0.25, -0.2) is 0 Å². The smallest absolute Gasteiger partial charge is 0.246 e. The number of aryl methyl sites for hydroxylation is 1. The van der Waals surface area contributed by atoms with E-state index in [1.165, 1.54) is 11.1 Å². The highest BCUT2D eigenvalue weighted by molar-refractivity contribution is 5.96. The molecule has 0 aliphatic carbocycles. The van der Waals surface area contributed by atoms with Crippen molar-refractivity contribution in [1.82, 2.24) is 4.90 Å². The molecule has 1 aliphatic heterocycles.